The molecule has 0 radical (unpaired) electrons. The van der Waals surface area contributed by atoms with Crippen LogP contribution in [-0.4, -0.2) is 51.7 Å². The first kappa shape index (κ1) is 18.3. The van der Waals surface area contributed by atoms with Crippen LogP contribution >= 0.6 is 0 Å². The first-order chi connectivity index (χ1) is 11.1. The number of ether oxygens (including phenoxy) is 1. The molecule has 2 N–H and O–H groups in total. The number of allylic oxidation sites excluding steroid dienone is 1. The smallest absolute Gasteiger partial charge is 0.408 e. The Balaban J connectivity index is 2.20. The number of hydrogen-bond acceptors (Lipinski definition) is 4. The van der Waals surface area contributed by atoms with Gasteiger partial charge in [-0.1, -0.05) is 11.6 Å². The number of alkyl carbamates (subject to hydrolysis) is 1. The van der Waals surface area contributed by atoms with Crippen molar-refractivity contribution >= 4 is 18.0 Å². The Morgan fingerprint density at radius 3 is 2.54 bits per heavy atom. The van der Waals surface area contributed by atoms with Crippen LogP contribution in [0.3, 0.4) is 0 Å². The minimum absolute atomic E-state index is 0.221. The van der Waals surface area contributed by atoms with Gasteiger partial charge in [-0.25, -0.2) is 9.59 Å². The minimum Gasteiger partial charge on any atom is -0.480 e. The summed E-state index contributed by atoms with van der Waals surface area (Å²) in [4.78, 5) is 37.8. The van der Waals surface area contributed by atoms with E-state index in [0.717, 1.165) is 5.57 Å². The van der Waals surface area contributed by atoms with Gasteiger partial charge in [0.05, 0.1) is 6.04 Å². The molecule has 2 aliphatic heterocycles. The summed E-state index contributed by atoms with van der Waals surface area (Å²) in [6, 6.07) is -1.83. The van der Waals surface area contributed by atoms with E-state index in [4.69, 9.17) is 4.74 Å². The zero-order chi connectivity index (χ0) is 18.1. The Bertz CT molecular complexity index is 564. The van der Waals surface area contributed by atoms with Crippen molar-refractivity contribution in [2.24, 2.45) is 0 Å². The summed E-state index contributed by atoms with van der Waals surface area (Å²) in [5.74, 6) is -1.35. The van der Waals surface area contributed by atoms with E-state index in [0.29, 0.717) is 25.7 Å². The molecular formula is C17H26N2O5. The SMILES string of the molecule is CC1=C[C@H]2CC[C@@H](C(=O)O)N2C(=O)[C@@H](NC(=O)OC(C)(C)C)CC1. The molecule has 0 bridgehead atoms. The number of nitrogens with one attached hydrogen (secondary N) is 1. The van der Waals surface area contributed by atoms with Crippen molar-refractivity contribution in [2.45, 2.75) is 77.1 Å². The molecule has 134 valence electrons. The van der Waals surface area contributed by atoms with Crippen LogP contribution in [0.5, 0.6) is 0 Å². The van der Waals surface area contributed by atoms with E-state index in [1.54, 1.807) is 20.8 Å². The van der Waals surface area contributed by atoms with Crippen molar-refractivity contribution in [3.05, 3.63) is 11.6 Å². The number of carbonyl (C=O) groups is 3. The number of rotatable bonds is 2. The predicted molar refractivity (Wildman–Crippen MR) is 87.4 cm³/mol. The largest absolute Gasteiger partial charge is 0.480 e. The zero-order valence-electron chi connectivity index (χ0n) is 14.7. The second-order valence-corrected chi connectivity index (χ2v) is 7.49. The molecule has 0 aromatic heterocycles. The monoisotopic (exact) mass is 338 g/mol. The van der Waals surface area contributed by atoms with Gasteiger partial charge in [0, 0.05) is 0 Å². The number of amides is 2. The molecular weight excluding hydrogens is 312 g/mol. The average molecular weight is 338 g/mol. The van der Waals surface area contributed by atoms with Crippen LogP contribution in [0.2, 0.25) is 0 Å². The maximum Gasteiger partial charge on any atom is 0.408 e. The van der Waals surface area contributed by atoms with E-state index < -0.39 is 29.7 Å². The Morgan fingerprint density at radius 1 is 1.29 bits per heavy atom. The van der Waals surface area contributed by atoms with Crippen molar-refractivity contribution in [2.75, 3.05) is 0 Å². The van der Waals surface area contributed by atoms with Crippen LogP contribution in [0.4, 0.5) is 4.79 Å². The molecule has 1 fully saturated rings. The van der Waals surface area contributed by atoms with Crippen molar-refractivity contribution in [1.82, 2.24) is 10.2 Å². The molecule has 0 saturated carbocycles. The lowest BCUT2D eigenvalue weighted by Gasteiger charge is -2.33. The van der Waals surface area contributed by atoms with Crippen LogP contribution in [0, 0.1) is 0 Å². The van der Waals surface area contributed by atoms with Gasteiger partial charge in [-0.05, 0) is 53.4 Å². The van der Waals surface area contributed by atoms with Crippen molar-refractivity contribution in [3.8, 4) is 0 Å². The lowest BCUT2D eigenvalue weighted by molar-refractivity contribution is -0.150. The Kier molecular flexibility index (Phi) is 5.20. The number of carboxylic acids is 1. The highest BCUT2D eigenvalue weighted by atomic mass is 16.6. The molecule has 0 aromatic rings. The number of hydrogen-bond donors (Lipinski definition) is 2. The third kappa shape index (κ3) is 4.27. The summed E-state index contributed by atoms with van der Waals surface area (Å²) >= 11 is 0. The molecule has 7 nitrogen and oxygen atoms in total. The minimum atomic E-state index is -1.01. The van der Waals surface area contributed by atoms with E-state index in [9.17, 15) is 19.5 Å². The maximum atomic E-state index is 12.9. The van der Waals surface area contributed by atoms with Gasteiger partial charge in [-0.2, -0.15) is 0 Å². The summed E-state index contributed by atoms with van der Waals surface area (Å²) in [5.41, 5.74) is 0.434. The molecule has 24 heavy (non-hydrogen) atoms. The third-order valence-electron chi connectivity index (χ3n) is 4.26. The Hall–Kier alpha value is -2.05. The molecule has 3 atom stereocenters. The maximum absolute atomic E-state index is 12.9. The van der Waals surface area contributed by atoms with E-state index in [1.807, 2.05) is 13.0 Å². The van der Waals surface area contributed by atoms with Gasteiger partial charge < -0.3 is 20.1 Å². The fraction of sp³-hybridized carbons (Fsp3) is 0.706. The van der Waals surface area contributed by atoms with Gasteiger partial charge in [0.1, 0.15) is 17.7 Å². The highest BCUT2D eigenvalue weighted by Crippen LogP contribution is 2.30. The van der Waals surface area contributed by atoms with E-state index >= 15 is 0 Å². The molecule has 7 heteroatoms. The Labute approximate surface area is 142 Å². The van der Waals surface area contributed by atoms with Gasteiger partial charge >= 0.3 is 12.1 Å². The van der Waals surface area contributed by atoms with Crippen LogP contribution in [0.1, 0.15) is 53.4 Å². The second-order valence-electron chi connectivity index (χ2n) is 7.49. The number of fused-ring (bicyclic) bond motifs is 1. The zero-order valence-corrected chi connectivity index (χ0v) is 14.7. The standard InChI is InChI=1S/C17H26N2O5/c1-10-5-7-12(18-16(23)24-17(2,3)4)14(20)19-11(9-10)6-8-13(19)15(21)22/h9,11-13H,5-8H2,1-4H3,(H,18,23)(H,21,22)/t11-,12+,13+/m1/s1. The van der Waals surface area contributed by atoms with Gasteiger partial charge in [0.25, 0.3) is 0 Å². The van der Waals surface area contributed by atoms with Crippen LogP contribution in [-0.2, 0) is 14.3 Å². The van der Waals surface area contributed by atoms with Crippen LogP contribution in [0.25, 0.3) is 0 Å². The average Bonchev–Trinajstić information content (AvgIpc) is 2.82. The second kappa shape index (κ2) is 6.83. The molecule has 0 unspecified atom stereocenters. The molecule has 2 heterocycles. The normalized spacial score (nSPS) is 27.7. The van der Waals surface area contributed by atoms with Gasteiger partial charge in [0.2, 0.25) is 5.91 Å². The summed E-state index contributed by atoms with van der Waals surface area (Å²) in [5, 5.41) is 12.0. The van der Waals surface area contributed by atoms with Gasteiger partial charge in [-0.3, -0.25) is 4.79 Å². The lowest BCUT2D eigenvalue weighted by atomic mass is 9.99. The van der Waals surface area contributed by atoms with Crippen molar-refractivity contribution in [1.29, 1.82) is 0 Å². The molecule has 1 saturated heterocycles. The number of carboxylic acid groups (broad SMARTS) is 1. The summed E-state index contributed by atoms with van der Waals surface area (Å²) in [7, 11) is 0. The molecule has 2 aliphatic rings. The highest BCUT2D eigenvalue weighted by Gasteiger charge is 2.43. The fourth-order valence-electron chi connectivity index (χ4n) is 3.23. The van der Waals surface area contributed by atoms with Crippen molar-refractivity contribution < 1.29 is 24.2 Å². The number of nitrogens with zero attached hydrogens (tertiary/aromatic N) is 1. The first-order valence-electron chi connectivity index (χ1n) is 8.30. The van der Waals surface area contributed by atoms with Gasteiger partial charge in [-0.15, -0.1) is 0 Å². The summed E-state index contributed by atoms with van der Waals surface area (Å²) < 4.78 is 5.22. The highest BCUT2D eigenvalue weighted by molar-refractivity contribution is 5.90. The molecule has 2 amide bonds. The predicted octanol–water partition coefficient (Wildman–Crippen LogP) is 2.06. The number of carbonyl (C=O) groups excluding carboxylic acids is 2. The van der Waals surface area contributed by atoms with E-state index in [-0.39, 0.29) is 11.9 Å². The molecule has 0 aromatic carbocycles. The fourth-order valence-corrected chi connectivity index (χ4v) is 3.23. The number of aliphatic carboxylic acids is 1. The van der Waals surface area contributed by atoms with Crippen LogP contribution < -0.4 is 5.32 Å². The topological polar surface area (TPSA) is 95.9 Å². The quantitative estimate of drug-likeness (QED) is 0.751. The molecule has 2 rings (SSSR count). The Morgan fingerprint density at radius 2 is 1.96 bits per heavy atom. The van der Waals surface area contributed by atoms with Crippen LogP contribution in [0.15, 0.2) is 11.6 Å². The van der Waals surface area contributed by atoms with Crippen molar-refractivity contribution in [3.63, 3.8) is 0 Å². The molecule has 0 spiro atoms. The summed E-state index contributed by atoms with van der Waals surface area (Å²) in [6.45, 7) is 7.20. The lowest BCUT2D eigenvalue weighted by Crippen LogP contribution is -2.55. The van der Waals surface area contributed by atoms with E-state index in [2.05, 4.69) is 5.32 Å². The molecule has 0 aliphatic carbocycles. The van der Waals surface area contributed by atoms with Gasteiger partial charge in [0.15, 0.2) is 0 Å². The first-order valence-corrected chi connectivity index (χ1v) is 8.30. The summed E-state index contributed by atoms with van der Waals surface area (Å²) in [6.07, 6.45) is 3.47. The third-order valence-corrected chi connectivity index (χ3v) is 4.26. The van der Waals surface area contributed by atoms with E-state index in [1.165, 1.54) is 4.90 Å².